The van der Waals surface area contributed by atoms with Gasteiger partial charge >= 0.3 is 5.97 Å². The molecular formula is C15H21NO3S. The van der Waals surface area contributed by atoms with Crippen molar-refractivity contribution in [1.82, 2.24) is 4.90 Å². The first-order valence-corrected chi connectivity index (χ1v) is 8.03. The van der Waals surface area contributed by atoms with Crippen LogP contribution in [0.1, 0.15) is 46.8 Å². The molecule has 0 saturated heterocycles. The number of carbonyl (C=O) groups is 2. The number of esters is 1. The van der Waals surface area contributed by atoms with Gasteiger partial charge in [-0.05, 0) is 51.2 Å². The molecular weight excluding hydrogens is 274 g/mol. The highest BCUT2D eigenvalue weighted by Gasteiger charge is 2.22. The van der Waals surface area contributed by atoms with E-state index in [1.54, 1.807) is 23.2 Å². The number of rotatable bonds is 5. The fraction of sp³-hybridized carbons (Fsp3) is 0.600. The lowest BCUT2D eigenvalue weighted by Crippen LogP contribution is -2.35. The Morgan fingerprint density at radius 1 is 1.30 bits per heavy atom. The number of amides is 1. The Morgan fingerprint density at radius 3 is 2.70 bits per heavy atom. The smallest absolute Gasteiger partial charge is 0.325 e. The Balaban J connectivity index is 2.08. The van der Waals surface area contributed by atoms with Crippen molar-refractivity contribution >= 4 is 23.2 Å². The number of hydrogen-bond acceptors (Lipinski definition) is 4. The first kappa shape index (κ1) is 15.0. The third-order valence-electron chi connectivity index (χ3n) is 3.50. The van der Waals surface area contributed by atoms with Crippen LogP contribution in [0.4, 0.5) is 0 Å². The van der Waals surface area contributed by atoms with Gasteiger partial charge in [0.2, 0.25) is 0 Å². The molecule has 1 amide bonds. The van der Waals surface area contributed by atoms with Gasteiger partial charge in [-0.3, -0.25) is 9.59 Å². The van der Waals surface area contributed by atoms with E-state index in [1.165, 1.54) is 23.3 Å². The van der Waals surface area contributed by atoms with Gasteiger partial charge in [0.25, 0.3) is 5.91 Å². The molecule has 4 nitrogen and oxygen atoms in total. The predicted molar refractivity (Wildman–Crippen MR) is 79.2 cm³/mol. The molecule has 1 heterocycles. The lowest BCUT2D eigenvalue weighted by molar-refractivity contribution is -0.143. The number of likely N-dealkylation sites (N-methyl/N-ethyl adjacent to an activating group) is 1. The maximum Gasteiger partial charge on any atom is 0.325 e. The van der Waals surface area contributed by atoms with Crippen LogP contribution in [0.15, 0.2) is 6.07 Å². The summed E-state index contributed by atoms with van der Waals surface area (Å²) in [5.41, 5.74) is 1.32. The highest BCUT2D eigenvalue weighted by Crippen LogP contribution is 2.30. The van der Waals surface area contributed by atoms with E-state index < -0.39 is 0 Å². The second kappa shape index (κ2) is 6.88. The van der Waals surface area contributed by atoms with Crippen LogP contribution in [0.2, 0.25) is 0 Å². The summed E-state index contributed by atoms with van der Waals surface area (Å²) in [6, 6.07) is 2.01. The van der Waals surface area contributed by atoms with Crippen molar-refractivity contribution in [2.45, 2.75) is 39.5 Å². The third kappa shape index (κ3) is 3.39. The van der Waals surface area contributed by atoms with Crippen molar-refractivity contribution in [3.63, 3.8) is 0 Å². The van der Waals surface area contributed by atoms with E-state index >= 15 is 0 Å². The first-order valence-electron chi connectivity index (χ1n) is 7.22. The number of fused-ring (bicyclic) bond motifs is 1. The van der Waals surface area contributed by atoms with Crippen molar-refractivity contribution in [3.05, 3.63) is 21.4 Å². The zero-order valence-corrected chi connectivity index (χ0v) is 12.9. The number of nitrogens with zero attached hydrogens (tertiary/aromatic N) is 1. The summed E-state index contributed by atoms with van der Waals surface area (Å²) < 4.78 is 4.91. The summed E-state index contributed by atoms with van der Waals surface area (Å²) in [6.45, 7) is 4.54. The number of aryl methyl sites for hydroxylation is 2. The lowest BCUT2D eigenvalue weighted by atomic mass is 9.99. The highest BCUT2D eigenvalue weighted by atomic mass is 32.1. The zero-order chi connectivity index (χ0) is 14.5. The van der Waals surface area contributed by atoms with Crippen molar-refractivity contribution < 1.29 is 14.3 Å². The Hall–Kier alpha value is -1.36. The van der Waals surface area contributed by atoms with E-state index in [0.29, 0.717) is 13.2 Å². The summed E-state index contributed by atoms with van der Waals surface area (Å²) in [5, 5.41) is 0. The number of hydrogen-bond donors (Lipinski definition) is 0. The van der Waals surface area contributed by atoms with Crippen LogP contribution in [-0.4, -0.2) is 36.5 Å². The molecule has 1 aliphatic carbocycles. The minimum absolute atomic E-state index is 0.0335. The molecule has 0 radical (unpaired) electrons. The number of carbonyl (C=O) groups excluding carboxylic acids is 2. The molecule has 0 bridgehead atoms. The van der Waals surface area contributed by atoms with Crippen LogP contribution in [0, 0.1) is 0 Å². The monoisotopic (exact) mass is 295 g/mol. The Bertz CT molecular complexity index is 472. The Labute approximate surface area is 123 Å². The van der Waals surface area contributed by atoms with Gasteiger partial charge in [-0.1, -0.05) is 0 Å². The molecule has 0 fully saturated rings. The quantitative estimate of drug-likeness (QED) is 0.785. The number of ether oxygens (including phenoxy) is 1. The van der Waals surface area contributed by atoms with Gasteiger partial charge in [0.05, 0.1) is 11.5 Å². The van der Waals surface area contributed by atoms with Crippen LogP contribution >= 0.6 is 11.3 Å². The van der Waals surface area contributed by atoms with Gasteiger partial charge in [0.1, 0.15) is 6.54 Å². The second-order valence-electron chi connectivity index (χ2n) is 4.89. The highest BCUT2D eigenvalue weighted by molar-refractivity contribution is 7.14. The molecule has 5 heteroatoms. The van der Waals surface area contributed by atoms with Gasteiger partial charge in [0, 0.05) is 11.4 Å². The van der Waals surface area contributed by atoms with E-state index in [2.05, 4.69) is 0 Å². The molecule has 110 valence electrons. The average molecular weight is 295 g/mol. The van der Waals surface area contributed by atoms with Crippen molar-refractivity contribution in [2.24, 2.45) is 0 Å². The topological polar surface area (TPSA) is 46.6 Å². The maximum absolute atomic E-state index is 12.5. The fourth-order valence-corrected chi connectivity index (χ4v) is 3.66. The molecule has 1 aromatic rings. The third-order valence-corrected chi connectivity index (χ3v) is 4.73. The molecule has 20 heavy (non-hydrogen) atoms. The SMILES string of the molecule is CCOC(=O)CN(CC)C(=O)c1cc2c(s1)CCCC2. The first-order chi connectivity index (χ1) is 9.65. The van der Waals surface area contributed by atoms with Crippen LogP contribution in [0.5, 0.6) is 0 Å². The molecule has 0 aliphatic heterocycles. The summed E-state index contributed by atoms with van der Waals surface area (Å²) >= 11 is 1.58. The van der Waals surface area contributed by atoms with E-state index in [-0.39, 0.29) is 18.4 Å². The summed E-state index contributed by atoms with van der Waals surface area (Å²) in [4.78, 5) is 27.6. The second-order valence-corrected chi connectivity index (χ2v) is 6.03. The van der Waals surface area contributed by atoms with Gasteiger partial charge in [0.15, 0.2) is 0 Å². The van der Waals surface area contributed by atoms with Crippen LogP contribution in [-0.2, 0) is 22.4 Å². The molecule has 0 unspecified atom stereocenters. The van der Waals surface area contributed by atoms with Crippen molar-refractivity contribution in [2.75, 3.05) is 19.7 Å². The summed E-state index contributed by atoms with van der Waals surface area (Å²) in [5.74, 6) is -0.399. The maximum atomic E-state index is 12.5. The molecule has 0 aromatic carbocycles. The lowest BCUT2D eigenvalue weighted by Gasteiger charge is -2.18. The molecule has 1 aliphatic rings. The fourth-order valence-electron chi connectivity index (χ4n) is 2.44. The van der Waals surface area contributed by atoms with Crippen LogP contribution < -0.4 is 0 Å². The Morgan fingerprint density at radius 2 is 2.05 bits per heavy atom. The van der Waals surface area contributed by atoms with Gasteiger partial charge in [-0.25, -0.2) is 0 Å². The van der Waals surface area contributed by atoms with Crippen LogP contribution in [0.25, 0.3) is 0 Å². The normalized spacial score (nSPS) is 13.7. The molecule has 0 spiro atoms. The average Bonchev–Trinajstić information content (AvgIpc) is 2.88. The molecule has 1 aromatic heterocycles. The summed E-state index contributed by atoms with van der Waals surface area (Å²) in [7, 11) is 0. The predicted octanol–water partition coefficient (Wildman–Crippen LogP) is 2.65. The van der Waals surface area contributed by atoms with Crippen molar-refractivity contribution in [3.8, 4) is 0 Å². The summed E-state index contributed by atoms with van der Waals surface area (Å²) in [6.07, 6.45) is 4.57. The van der Waals surface area contributed by atoms with Gasteiger partial charge in [-0.15, -0.1) is 11.3 Å². The van der Waals surface area contributed by atoms with Gasteiger partial charge in [-0.2, -0.15) is 0 Å². The Kier molecular flexibility index (Phi) is 5.17. The standard InChI is InChI=1S/C15H21NO3S/c1-3-16(10-14(17)19-4-2)15(18)13-9-11-7-5-6-8-12(11)20-13/h9H,3-8,10H2,1-2H3. The van der Waals surface area contributed by atoms with E-state index in [0.717, 1.165) is 17.7 Å². The zero-order valence-electron chi connectivity index (χ0n) is 12.1. The van der Waals surface area contributed by atoms with E-state index in [9.17, 15) is 9.59 Å². The molecule has 2 rings (SSSR count). The van der Waals surface area contributed by atoms with Gasteiger partial charge < -0.3 is 9.64 Å². The van der Waals surface area contributed by atoms with E-state index in [4.69, 9.17) is 4.74 Å². The van der Waals surface area contributed by atoms with E-state index in [1.807, 2.05) is 13.0 Å². The minimum atomic E-state index is -0.344. The molecule has 0 N–H and O–H groups in total. The minimum Gasteiger partial charge on any atom is -0.465 e. The molecule has 0 saturated carbocycles. The van der Waals surface area contributed by atoms with Crippen LogP contribution in [0.3, 0.4) is 0 Å². The molecule has 0 atom stereocenters. The van der Waals surface area contributed by atoms with Crippen molar-refractivity contribution in [1.29, 1.82) is 0 Å². The largest absolute Gasteiger partial charge is 0.465 e. The number of thiophene rings is 1.